The molecule has 2 rings (SSSR count). The van der Waals surface area contributed by atoms with E-state index in [-0.39, 0.29) is 18.2 Å². The quantitative estimate of drug-likeness (QED) is 0.654. The van der Waals surface area contributed by atoms with Gasteiger partial charge in [-0.15, -0.1) is 11.3 Å². The van der Waals surface area contributed by atoms with Gasteiger partial charge in [-0.2, -0.15) is 5.10 Å². The molecule has 0 unspecified atom stereocenters. The molecular formula is C15H16N4O2S. The topological polar surface area (TPSA) is 83.5 Å². The molecule has 0 aliphatic rings. The third-order valence-corrected chi connectivity index (χ3v) is 3.58. The van der Waals surface area contributed by atoms with Gasteiger partial charge in [0.1, 0.15) is 5.01 Å². The molecule has 2 N–H and O–H groups in total. The van der Waals surface area contributed by atoms with Crippen LogP contribution in [0.5, 0.6) is 0 Å². The van der Waals surface area contributed by atoms with Crippen LogP contribution in [0.4, 0.5) is 5.69 Å². The number of hydrogen-bond acceptors (Lipinski definition) is 5. The third kappa shape index (κ3) is 5.10. The maximum Gasteiger partial charge on any atom is 0.246 e. The van der Waals surface area contributed by atoms with E-state index in [0.29, 0.717) is 5.69 Å². The summed E-state index contributed by atoms with van der Waals surface area (Å²) in [5, 5.41) is 9.25. The molecule has 2 amide bonds. The van der Waals surface area contributed by atoms with Gasteiger partial charge in [-0.1, -0.05) is 12.1 Å². The number of nitrogens with one attached hydrogen (secondary N) is 2. The van der Waals surface area contributed by atoms with E-state index in [2.05, 4.69) is 20.8 Å². The predicted molar refractivity (Wildman–Crippen MR) is 87.0 cm³/mol. The molecule has 1 aromatic heterocycles. The van der Waals surface area contributed by atoms with E-state index in [1.165, 1.54) is 18.3 Å². The molecule has 0 fully saturated rings. The van der Waals surface area contributed by atoms with E-state index in [0.717, 1.165) is 16.3 Å². The van der Waals surface area contributed by atoms with Gasteiger partial charge in [0.05, 0.1) is 12.6 Å². The summed E-state index contributed by atoms with van der Waals surface area (Å²) in [4.78, 5) is 26.8. The first kappa shape index (κ1) is 15.8. The highest BCUT2D eigenvalue weighted by Crippen LogP contribution is 2.09. The highest BCUT2D eigenvalue weighted by Gasteiger charge is 2.05. The minimum atomic E-state index is -0.208. The van der Waals surface area contributed by atoms with Crippen LogP contribution in [0.2, 0.25) is 0 Å². The molecule has 0 aliphatic carbocycles. The third-order valence-electron chi connectivity index (χ3n) is 2.61. The molecule has 1 heterocycles. The van der Waals surface area contributed by atoms with Crippen LogP contribution < -0.4 is 10.7 Å². The van der Waals surface area contributed by atoms with Gasteiger partial charge in [0.15, 0.2) is 0 Å². The second-order valence-electron chi connectivity index (χ2n) is 4.66. The average Bonchev–Trinajstić information content (AvgIpc) is 2.85. The fourth-order valence-electron chi connectivity index (χ4n) is 1.70. The maximum absolute atomic E-state index is 11.7. The standard InChI is InChI=1S/C15H16N4O2S/c1-10-9-22-15(17-10)7-14(21)19-16-8-12-3-5-13(6-4-12)18-11(2)20/h3-6,8-9H,7H2,1-2H3,(H,18,20)(H,19,21)/b16-8-. The fourth-order valence-corrected chi connectivity index (χ4v) is 2.47. The number of carbonyl (C=O) groups excluding carboxylic acids is 2. The Morgan fingerprint density at radius 2 is 2.05 bits per heavy atom. The highest BCUT2D eigenvalue weighted by molar-refractivity contribution is 7.09. The van der Waals surface area contributed by atoms with Crippen LogP contribution in [0.15, 0.2) is 34.7 Å². The normalized spacial score (nSPS) is 10.6. The van der Waals surface area contributed by atoms with Crippen molar-refractivity contribution in [1.29, 1.82) is 0 Å². The molecular weight excluding hydrogens is 300 g/mol. The van der Waals surface area contributed by atoms with Crippen molar-refractivity contribution in [3.05, 3.63) is 45.9 Å². The Kier molecular flexibility index (Phi) is 5.37. The summed E-state index contributed by atoms with van der Waals surface area (Å²) in [7, 11) is 0. The second kappa shape index (κ2) is 7.46. The van der Waals surface area contributed by atoms with Gasteiger partial charge in [0.25, 0.3) is 0 Å². The lowest BCUT2D eigenvalue weighted by Gasteiger charge is -2.01. The van der Waals surface area contributed by atoms with E-state index in [9.17, 15) is 9.59 Å². The zero-order chi connectivity index (χ0) is 15.9. The Bertz CT molecular complexity index is 692. The van der Waals surface area contributed by atoms with E-state index >= 15 is 0 Å². The van der Waals surface area contributed by atoms with E-state index < -0.39 is 0 Å². The van der Waals surface area contributed by atoms with Crippen molar-refractivity contribution in [3.8, 4) is 0 Å². The Morgan fingerprint density at radius 3 is 2.64 bits per heavy atom. The molecule has 0 spiro atoms. The Labute approximate surface area is 132 Å². The lowest BCUT2D eigenvalue weighted by Crippen LogP contribution is -2.19. The summed E-state index contributed by atoms with van der Waals surface area (Å²) in [5.74, 6) is -0.327. The molecule has 0 aliphatic heterocycles. The largest absolute Gasteiger partial charge is 0.326 e. The van der Waals surface area contributed by atoms with Crippen molar-refractivity contribution in [3.63, 3.8) is 0 Å². The number of rotatable bonds is 5. The van der Waals surface area contributed by atoms with Crippen LogP contribution in [0.1, 0.15) is 23.2 Å². The van der Waals surface area contributed by atoms with Gasteiger partial charge >= 0.3 is 0 Å². The number of thiazole rings is 1. The summed E-state index contributed by atoms with van der Waals surface area (Å²) in [5.41, 5.74) is 4.91. The van der Waals surface area contributed by atoms with Crippen LogP contribution in [0.25, 0.3) is 0 Å². The van der Waals surface area contributed by atoms with E-state index in [1.807, 2.05) is 12.3 Å². The lowest BCUT2D eigenvalue weighted by atomic mass is 10.2. The molecule has 114 valence electrons. The Balaban J connectivity index is 1.84. The number of aryl methyl sites for hydroxylation is 1. The van der Waals surface area contributed by atoms with Gasteiger partial charge in [-0.3, -0.25) is 9.59 Å². The molecule has 1 aromatic carbocycles. The van der Waals surface area contributed by atoms with Crippen molar-refractivity contribution in [2.24, 2.45) is 5.10 Å². The first-order valence-corrected chi connectivity index (χ1v) is 7.51. The van der Waals surface area contributed by atoms with Crippen LogP contribution in [0.3, 0.4) is 0 Å². The molecule has 6 nitrogen and oxygen atoms in total. The lowest BCUT2D eigenvalue weighted by molar-refractivity contribution is -0.120. The number of benzene rings is 1. The molecule has 0 atom stereocenters. The summed E-state index contributed by atoms with van der Waals surface area (Å²) in [6.45, 7) is 3.34. The minimum Gasteiger partial charge on any atom is -0.326 e. The summed E-state index contributed by atoms with van der Waals surface area (Å²) in [6.07, 6.45) is 1.76. The maximum atomic E-state index is 11.7. The fraction of sp³-hybridized carbons (Fsp3) is 0.200. The molecule has 0 bridgehead atoms. The SMILES string of the molecule is CC(=O)Nc1ccc(/C=N\NC(=O)Cc2nc(C)cs2)cc1. The zero-order valence-corrected chi connectivity index (χ0v) is 13.1. The minimum absolute atomic E-state index is 0.119. The number of amides is 2. The summed E-state index contributed by atoms with van der Waals surface area (Å²) < 4.78 is 0. The smallest absolute Gasteiger partial charge is 0.246 e. The molecule has 0 radical (unpaired) electrons. The summed E-state index contributed by atoms with van der Waals surface area (Å²) in [6, 6.07) is 7.13. The van der Waals surface area contributed by atoms with Crippen molar-refractivity contribution in [1.82, 2.24) is 10.4 Å². The molecule has 2 aromatic rings. The van der Waals surface area contributed by atoms with Crippen molar-refractivity contribution in [2.75, 3.05) is 5.32 Å². The molecule has 7 heteroatoms. The monoisotopic (exact) mass is 316 g/mol. The van der Waals surface area contributed by atoms with E-state index in [1.54, 1.807) is 30.5 Å². The first-order chi connectivity index (χ1) is 10.5. The molecule has 0 saturated carbocycles. The van der Waals surface area contributed by atoms with Crippen LogP contribution in [-0.2, 0) is 16.0 Å². The number of nitrogens with zero attached hydrogens (tertiary/aromatic N) is 2. The predicted octanol–water partition coefficient (Wildman–Crippen LogP) is 2.10. The van der Waals surface area contributed by atoms with E-state index in [4.69, 9.17) is 0 Å². The first-order valence-electron chi connectivity index (χ1n) is 6.63. The molecule has 22 heavy (non-hydrogen) atoms. The average molecular weight is 316 g/mol. The summed E-state index contributed by atoms with van der Waals surface area (Å²) >= 11 is 1.46. The number of aromatic nitrogens is 1. The van der Waals surface area contributed by atoms with Gasteiger partial charge in [-0.25, -0.2) is 10.4 Å². The number of hydrazone groups is 1. The van der Waals surface area contributed by atoms with Crippen molar-refractivity contribution >= 4 is 35.1 Å². The highest BCUT2D eigenvalue weighted by atomic mass is 32.1. The Morgan fingerprint density at radius 1 is 1.32 bits per heavy atom. The van der Waals surface area contributed by atoms with Gasteiger partial charge in [0.2, 0.25) is 11.8 Å². The number of anilines is 1. The number of hydrogen-bond donors (Lipinski definition) is 2. The zero-order valence-electron chi connectivity index (χ0n) is 12.3. The van der Waals surface area contributed by atoms with Crippen LogP contribution in [-0.4, -0.2) is 23.0 Å². The van der Waals surface area contributed by atoms with Gasteiger partial charge in [-0.05, 0) is 24.6 Å². The van der Waals surface area contributed by atoms with Crippen LogP contribution in [0, 0.1) is 6.92 Å². The van der Waals surface area contributed by atoms with Crippen molar-refractivity contribution in [2.45, 2.75) is 20.3 Å². The van der Waals surface area contributed by atoms with Crippen LogP contribution >= 0.6 is 11.3 Å². The van der Waals surface area contributed by atoms with Gasteiger partial charge < -0.3 is 5.32 Å². The second-order valence-corrected chi connectivity index (χ2v) is 5.60. The number of carbonyl (C=O) groups is 2. The van der Waals surface area contributed by atoms with Gasteiger partial charge in [0, 0.05) is 23.7 Å². The van der Waals surface area contributed by atoms with Crippen molar-refractivity contribution < 1.29 is 9.59 Å². The Hall–Kier alpha value is -2.54. The molecule has 0 saturated heterocycles.